The highest BCUT2D eigenvalue weighted by molar-refractivity contribution is 6.42. The van der Waals surface area contributed by atoms with E-state index in [0.29, 0.717) is 15.7 Å². The van der Waals surface area contributed by atoms with Crippen LogP contribution < -0.4 is 10.2 Å². The maximum absolute atomic E-state index is 12.5. The summed E-state index contributed by atoms with van der Waals surface area (Å²) in [5, 5.41) is 3.75. The molecular formula is C16H14Cl2N2O. The molecule has 0 fully saturated rings. The first-order chi connectivity index (χ1) is 10.1. The first-order valence-electron chi connectivity index (χ1n) is 6.69. The van der Waals surface area contributed by atoms with Gasteiger partial charge in [0.1, 0.15) is 0 Å². The average Bonchev–Trinajstić information content (AvgIpc) is 2.78. The van der Waals surface area contributed by atoms with Crippen molar-refractivity contribution in [3.63, 3.8) is 0 Å². The fraction of sp³-hybridized carbons (Fsp3) is 0.188. The molecule has 2 amide bonds. The Morgan fingerprint density at radius 2 is 1.95 bits per heavy atom. The van der Waals surface area contributed by atoms with Crippen LogP contribution in [0, 0.1) is 0 Å². The van der Waals surface area contributed by atoms with Crippen LogP contribution in [0.5, 0.6) is 0 Å². The molecule has 0 radical (unpaired) electrons. The summed E-state index contributed by atoms with van der Waals surface area (Å²) >= 11 is 11.8. The molecule has 1 heterocycles. The molecule has 0 aliphatic carbocycles. The molecule has 1 aliphatic heterocycles. The topological polar surface area (TPSA) is 32.3 Å². The summed E-state index contributed by atoms with van der Waals surface area (Å²) in [5.74, 6) is 0. The fourth-order valence-electron chi connectivity index (χ4n) is 2.63. The minimum absolute atomic E-state index is 0.130. The van der Waals surface area contributed by atoms with Gasteiger partial charge in [-0.05, 0) is 43.2 Å². The van der Waals surface area contributed by atoms with Gasteiger partial charge in [-0.3, -0.25) is 4.90 Å². The maximum Gasteiger partial charge on any atom is 0.326 e. The van der Waals surface area contributed by atoms with Crippen molar-refractivity contribution in [1.82, 2.24) is 0 Å². The number of rotatable bonds is 1. The SMILES string of the molecule is CC1Cc2ccccc2N1C(=O)Nc1ccc(Cl)c(Cl)c1. The average molecular weight is 321 g/mol. The smallest absolute Gasteiger partial charge is 0.307 e. The van der Waals surface area contributed by atoms with Crippen LogP contribution in [-0.4, -0.2) is 12.1 Å². The molecule has 5 heteroatoms. The Morgan fingerprint density at radius 3 is 2.71 bits per heavy atom. The Bertz CT molecular complexity index is 702. The Morgan fingerprint density at radius 1 is 1.19 bits per heavy atom. The van der Waals surface area contributed by atoms with Gasteiger partial charge < -0.3 is 5.32 Å². The van der Waals surface area contributed by atoms with Gasteiger partial charge in [0.2, 0.25) is 0 Å². The van der Waals surface area contributed by atoms with Crippen LogP contribution in [0.25, 0.3) is 0 Å². The van der Waals surface area contributed by atoms with Crippen LogP contribution in [0.4, 0.5) is 16.2 Å². The first-order valence-corrected chi connectivity index (χ1v) is 7.45. The first kappa shape index (κ1) is 14.2. The van der Waals surface area contributed by atoms with Gasteiger partial charge in [-0.2, -0.15) is 0 Å². The number of carbonyl (C=O) groups is 1. The molecule has 0 saturated carbocycles. The number of nitrogens with one attached hydrogen (secondary N) is 1. The number of urea groups is 1. The molecule has 1 unspecified atom stereocenters. The second-order valence-electron chi connectivity index (χ2n) is 5.11. The quantitative estimate of drug-likeness (QED) is 0.789. The van der Waals surface area contributed by atoms with E-state index in [9.17, 15) is 4.79 Å². The van der Waals surface area contributed by atoms with Crippen LogP contribution in [0.2, 0.25) is 10.0 Å². The second-order valence-corrected chi connectivity index (χ2v) is 5.93. The van der Waals surface area contributed by atoms with Crippen molar-refractivity contribution in [2.24, 2.45) is 0 Å². The van der Waals surface area contributed by atoms with Crippen LogP contribution in [-0.2, 0) is 6.42 Å². The lowest BCUT2D eigenvalue weighted by Crippen LogP contribution is -2.39. The third-order valence-electron chi connectivity index (χ3n) is 3.60. The van der Waals surface area contributed by atoms with E-state index in [2.05, 4.69) is 11.4 Å². The van der Waals surface area contributed by atoms with Crippen LogP contribution >= 0.6 is 23.2 Å². The number of benzene rings is 2. The van der Waals surface area contributed by atoms with Gasteiger partial charge in [-0.15, -0.1) is 0 Å². The lowest BCUT2D eigenvalue weighted by molar-refractivity contribution is 0.256. The molecule has 0 saturated heterocycles. The normalized spacial score (nSPS) is 16.7. The van der Waals surface area contributed by atoms with Gasteiger partial charge in [0.25, 0.3) is 0 Å². The highest BCUT2D eigenvalue weighted by Gasteiger charge is 2.30. The number of nitrogens with zero attached hydrogens (tertiary/aromatic N) is 1. The Kier molecular flexibility index (Phi) is 3.79. The van der Waals surface area contributed by atoms with E-state index in [1.54, 1.807) is 23.1 Å². The highest BCUT2D eigenvalue weighted by Crippen LogP contribution is 2.32. The Labute approximate surface area is 133 Å². The van der Waals surface area contributed by atoms with Gasteiger partial charge in [0.05, 0.1) is 10.0 Å². The van der Waals surface area contributed by atoms with Crippen molar-refractivity contribution < 1.29 is 4.79 Å². The van der Waals surface area contributed by atoms with E-state index in [1.807, 2.05) is 25.1 Å². The van der Waals surface area contributed by atoms with Crippen molar-refractivity contribution in [3.05, 3.63) is 58.1 Å². The third kappa shape index (κ3) is 2.71. The molecule has 3 nitrogen and oxygen atoms in total. The molecular weight excluding hydrogens is 307 g/mol. The van der Waals surface area contributed by atoms with Crippen molar-refractivity contribution in [2.45, 2.75) is 19.4 Å². The summed E-state index contributed by atoms with van der Waals surface area (Å²) in [5.41, 5.74) is 2.78. The van der Waals surface area contributed by atoms with Crippen LogP contribution in [0.1, 0.15) is 12.5 Å². The number of halogens is 2. The molecule has 0 aromatic heterocycles. The summed E-state index contributed by atoms with van der Waals surface area (Å²) in [6.45, 7) is 2.04. The predicted molar refractivity (Wildman–Crippen MR) is 87.6 cm³/mol. The number of hydrogen-bond acceptors (Lipinski definition) is 1. The second kappa shape index (κ2) is 5.58. The van der Waals surface area contributed by atoms with Gasteiger partial charge in [-0.1, -0.05) is 41.4 Å². The van der Waals surface area contributed by atoms with Crippen molar-refractivity contribution in [1.29, 1.82) is 0 Å². The maximum atomic E-state index is 12.5. The van der Waals surface area contributed by atoms with Crippen molar-refractivity contribution in [2.75, 3.05) is 10.2 Å². The predicted octanol–water partition coefficient (Wildman–Crippen LogP) is 4.98. The van der Waals surface area contributed by atoms with Gasteiger partial charge in [0.15, 0.2) is 0 Å². The Balaban J connectivity index is 1.84. The number of amides is 2. The third-order valence-corrected chi connectivity index (χ3v) is 4.34. The van der Waals surface area contributed by atoms with Crippen LogP contribution in [0.15, 0.2) is 42.5 Å². The molecule has 108 valence electrons. The summed E-state index contributed by atoms with van der Waals surface area (Å²) in [4.78, 5) is 14.3. The van der Waals surface area contributed by atoms with E-state index in [0.717, 1.165) is 12.1 Å². The van der Waals surface area contributed by atoms with E-state index in [1.165, 1.54) is 5.56 Å². The monoisotopic (exact) mass is 320 g/mol. The lowest BCUT2D eigenvalue weighted by atomic mass is 10.1. The van der Waals surface area contributed by atoms with Gasteiger partial charge in [0, 0.05) is 17.4 Å². The number of anilines is 2. The lowest BCUT2D eigenvalue weighted by Gasteiger charge is -2.23. The largest absolute Gasteiger partial charge is 0.326 e. The van der Waals surface area contributed by atoms with Crippen molar-refractivity contribution >= 4 is 40.6 Å². The molecule has 1 aliphatic rings. The molecule has 2 aromatic rings. The number of hydrogen-bond donors (Lipinski definition) is 1. The van der Waals surface area contributed by atoms with E-state index in [4.69, 9.17) is 23.2 Å². The highest BCUT2D eigenvalue weighted by atomic mass is 35.5. The summed E-state index contributed by atoms with van der Waals surface area (Å²) in [6, 6.07) is 13.0. The molecule has 3 rings (SSSR count). The van der Waals surface area contributed by atoms with E-state index in [-0.39, 0.29) is 12.1 Å². The molecule has 2 aromatic carbocycles. The molecule has 21 heavy (non-hydrogen) atoms. The van der Waals surface area contributed by atoms with E-state index >= 15 is 0 Å². The zero-order chi connectivity index (χ0) is 15.0. The minimum atomic E-state index is -0.161. The molecule has 1 atom stereocenters. The zero-order valence-corrected chi connectivity index (χ0v) is 12.9. The van der Waals surface area contributed by atoms with Gasteiger partial charge in [-0.25, -0.2) is 4.79 Å². The number of carbonyl (C=O) groups excluding carboxylic acids is 1. The fourth-order valence-corrected chi connectivity index (χ4v) is 2.93. The van der Waals surface area contributed by atoms with Crippen molar-refractivity contribution in [3.8, 4) is 0 Å². The number of fused-ring (bicyclic) bond motifs is 1. The summed E-state index contributed by atoms with van der Waals surface area (Å²) in [6.07, 6.45) is 0.866. The zero-order valence-electron chi connectivity index (χ0n) is 11.4. The minimum Gasteiger partial charge on any atom is -0.307 e. The molecule has 0 spiro atoms. The van der Waals surface area contributed by atoms with Gasteiger partial charge >= 0.3 is 6.03 Å². The standard InChI is InChI=1S/C16H14Cl2N2O/c1-10-8-11-4-2-3-5-15(11)20(10)16(21)19-12-6-7-13(17)14(18)9-12/h2-7,9-10H,8H2,1H3,(H,19,21). The summed E-state index contributed by atoms with van der Waals surface area (Å²) < 4.78 is 0. The van der Waals surface area contributed by atoms with E-state index < -0.39 is 0 Å². The Hall–Kier alpha value is -1.71. The number of para-hydroxylation sites is 1. The molecule has 1 N–H and O–H groups in total. The molecule has 0 bridgehead atoms. The summed E-state index contributed by atoms with van der Waals surface area (Å²) in [7, 11) is 0. The van der Waals surface area contributed by atoms with Crippen LogP contribution in [0.3, 0.4) is 0 Å².